The van der Waals surface area contributed by atoms with Gasteiger partial charge in [-0.2, -0.15) is 0 Å². The zero-order chi connectivity index (χ0) is 10.1. The fraction of sp³-hybridized carbons (Fsp3) is 0.400. The first-order valence-electron chi connectivity index (χ1n) is 4.74. The minimum absolute atomic E-state index is 0.553. The fourth-order valence-electron chi connectivity index (χ4n) is 1.56. The van der Waals surface area contributed by atoms with Gasteiger partial charge in [-0.05, 0) is 12.0 Å². The monoisotopic (exact) mass is 190 g/mol. The van der Waals surface area contributed by atoms with Crippen molar-refractivity contribution in [2.45, 2.75) is 20.4 Å². The number of hydrogen-bond donors (Lipinski definition) is 1. The first-order valence-corrected chi connectivity index (χ1v) is 4.74. The molecule has 0 atom stereocenters. The van der Waals surface area contributed by atoms with Gasteiger partial charge in [0.2, 0.25) is 0 Å². The summed E-state index contributed by atoms with van der Waals surface area (Å²) < 4.78 is 2.11. The van der Waals surface area contributed by atoms with E-state index in [0.717, 1.165) is 17.6 Å². The van der Waals surface area contributed by atoms with Crippen LogP contribution >= 0.6 is 0 Å². The van der Waals surface area contributed by atoms with E-state index >= 15 is 0 Å². The van der Waals surface area contributed by atoms with Crippen LogP contribution in [0.15, 0.2) is 18.6 Å². The van der Waals surface area contributed by atoms with Crippen molar-refractivity contribution in [2.75, 3.05) is 5.73 Å². The second kappa shape index (κ2) is 3.29. The second-order valence-corrected chi connectivity index (χ2v) is 3.86. The predicted molar refractivity (Wildman–Crippen MR) is 56.8 cm³/mol. The molecule has 74 valence electrons. The molecule has 0 bridgehead atoms. The summed E-state index contributed by atoms with van der Waals surface area (Å²) in [4.78, 5) is 8.18. The third-order valence-corrected chi connectivity index (χ3v) is 2.15. The predicted octanol–water partition coefficient (Wildman–Crippen LogP) is 1.67. The van der Waals surface area contributed by atoms with Gasteiger partial charge in [-0.3, -0.25) is 0 Å². The quantitative estimate of drug-likeness (QED) is 0.783. The summed E-state index contributed by atoms with van der Waals surface area (Å²) in [6, 6.07) is 1.97. The van der Waals surface area contributed by atoms with E-state index < -0.39 is 0 Å². The molecule has 0 radical (unpaired) electrons. The first-order chi connectivity index (χ1) is 6.68. The molecule has 0 amide bonds. The molecule has 0 aliphatic rings. The highest BCUT2D eigenvalue weighted by molar-refractivity contribution is 5.85. The molecule has 2 rings (SSSR count). The van der Waals surface area contributed by atoms with Crippen molar-refractivity contribution >= 4 is 16.9 Å². The van der Waals surface area contributed by atoms with E-state index in [0.29, 0.717) is 11.7 Å². The number of hydrogen-bond acceptors (Lipinski definition) is 3. The molecular formula is C10H14N4. The molecule has 2 N–H and O–H groups in total. The van der Waals surface area contributed by atoms with Crippen LogP contribution in [0.4, 0.5) is 5.82 Å². The van der Waals surface area contributed by atoms with Crippen LogP contribution in [-0.2, 0) is 6.54 Å². The highest BCUT2D eigenvalue weighted by Gasteiger charge is 2.06. The van der Waals surface area contributed by atoms with Crippen molar-refractivity contribution < 1.29 is 0 Å². The SMILES string of the molecule is CC(C)Cn1ccc2c(N)ncnc21. The van der Waals surface area contributed by atoms with Gasteiger partial charge in [0.05, 0.1) is 5.39 Å². The smallest absolute Gasteiger partial charge is 0.145 e. The summed E-state index contributed by atoms with van der Waals surface area (Å²) in [5, 5.41) is 0.938. The van der Waals surface area contributed by atoms with Crippen molar-refractivity contribution in [1.29, 1.82) is 0 Å². The average Bonchev–Trinajstić information content (AvgIpc) is 2.49. The van der Waals surface area contributed by atoms with Crippen LogP contribution in [0.3, 0.4) is 0 Å². The molecule has 2 aromatic rings. The molecule has 0 aliphatic carbocycles. The summed E-state index contributed by atoms with van der Waals surface area (Å²) >= 11 is 0. The molecule has 0 saturated carbocycles. The Morgan fingerprint density at radius 3 is 2.93 bits per heavy atom. The lowest BCUT2D eigenvalue weighted by molar-refractivity contribution is 0.533. The summed E-state index contributed by atoms with van der Waals surface area (Å²) in [6.07, 6.45) is 3.52. The van der Waals surface area contributed by atoms with Gasteiger partial charge in [0, 0.05) is 12.7 Å². The Morgan fingerprint density at radius 1 is 1.43 bits per heavy atom. The van der Waals surface area contributed by atoms with Crippen LogP contribution in [-0.4, -0.2) is 14.5 Å². The van der Waals surface area contributed by atoms with Crippen LogP contribution in [0.1, 0.15) is 13.8 Å². The highest BCUT2D eigenvalue weighted by atomic mass is 15.1. The van der Waals surface area contributed by atoms with E-state index in [4.69, 9.17) is 5.73 Å². The topological polar surface area (TPSA) is 56.7 Å². The largest absolute Gasteiger partial charge is 0.383 e. The van der Waals surface area contributed by atoms with Crippen molar-refractivity contribution in [2.24, 2.45) is 5.92 Å². The van der Waals surface area contributed by atoms with Crippen LogP contribution in [0.2, 0.25) is 0 Å². The van der Waals surface area contributed by atoms with Gasteiger partial charge in [0.25, 0.3) is 0 Å². The van der Waals surface area contributed by atoms with Crippen LogP contribution in [0, 0.1) is 5.92 Å². The van der Waals surface area contributed by atoms with E-state index in [9.17, 15) is 0 Å². The molecule has 0 aromatic carbocycles. The Bertz CT molecular complexity index is 444. The van der Waals surface area contributed by atoms with Gasteiger partial charge in [-0.15, -0.1) is 0 Å². The Balaban J connectivity index is 2.52. The average molecular weight is 190 g/mol. The maximum atomic E-state index is 5.74. The Kier molecular flexibility index (Phi) is 2.11. The van der Waals surface area contributed by atoms with E-state index in [1.165, 1.54) is 6.33 Å². The normalized spacial score (nSPS) is 11.4. The summed E-state index contributed by atoms with van der Waals surface area (Å²) in [6.45, 7) is 5.31. The summed E-state index contributed by atoms with van der Waals surface area (Å²) in [7, 11) is 0. The Labute approximate surface area is 82.8 Å². The molecule has 0 fully saturated rings. The fourth-order valence-corrected chi connectivity index (χ4v) is 1.56. The van der Waals surface area contributed by atoms with Gasteiger partial charge in [-0.1, -0.05) is 13.8 Å². The third kappa shape index (κ3) is 1.43. The van der Waals surface area contributed by atoms with E-state index in [-0.39, 0.29) is 0 Å². The summed E-state index contributed by atoms with van der Waals surface area (Å²) in [5.74, 6) is 1.15. The molecular weight excluding hydrogens is 176 g/mol. The van der Waals surface area contributed by atoms with Crippen molar-refractivity contribution in [3.8, 4) is 0 Å². The number of nitrogens with zero attached hydrogens (tertiary/aromatic N) is 3. The molecule has 0 saturated heterocycles. The molecule has 0 spiro atoms. The number of aromatic nitrogens is 3. The van der Waals surface area contributed by atoms with Crippen LogP contribution < -0.4 is 5.73 Å². The summed E-state index contributed by atoms with van der Waals surface area (Å²) in [5.41, 5.74) is 6.66. The molecule has 2 aromatic heterocycles. The maximum Gasteiger partial charge on any atom is 0.145 e. The maximum absolute atomic E-state index is 5.74. The van der Waals surface area contributed by atoms with E-state index in [1.807, 2.05) is 12.3 Å². The van der Waals surface area contributed by atoms with Gasteiger partial charge >= 0.3 is 0 Å². The van der Waals surface area contributed by atoms with Gasteiger partial charge < -0.3 is 10.3 Å². The van der Waals surface area contributed by atoms with Gasteiger partial charge in [0.1, 0.15) is 17.8 Å². The van der Waals surface area contributed by atoms with Crippen molar-refractivity contribution in [3.05, 3.63) is 18.6 Å². The number of rotatable bonds is 2. The van der Waals surface area contributed by atoms with Gasteiger partial charge in [0.15, 0.2) is 0 Å². The number of anilines is 1. The molecule has 4 nitrogen and oxygen atoms in total. The van der Waals surface area contributed by atoms with Crippen LogP contribution in [0.5, 0.6) is 0 Å². The lowest BCUT2D eigenvalue weighted by atomic mass is 10.2. The molecule has 2 heterocycles. The number of nitrogen functional groups attached to an aromatic ring is 1. The minimum Gasteiger partial charge on any atom is -0.383 e. The number of nitrogens with two attached hydrogens (primary N) is 1. The first kappa shape index (κ1) is 8.99. The zero-order valence-electron chi connectivity index (χ0n) is 8.44. The second-order valence-electron chi connectivity index (χ2n) is 3.86. The van der Waals surface area contributed by atoms with Crippen molar-refractivity contribution in [1.82, 2.24) is 14.5 Å². The standard InChI is InChI=1S/C10H14N4/c1-7(2)5-14-4-3-8-9(11)12-6-13-10(8)14/h3-4,6-7H,5H2,1-2H3,(H2,11,12,13). The molecule has 0 aliphatic heterocycles. The van der Waals surface area contributed by atoms with E-state index in [2.05, 4.69) is 28.4 Å². The lowest BCUT2D eigenvalue weighted by Crippen LogP contribution is -2.04. The lowest BCUT2D eigenvalue weighted by Gasteiger charge is -2.07. The Morgan fingerprint density at radius 2 is 2.21 bits per heavy atom. The van der Waals surface area contributed by atoms with Crippen molar-refractivity contribution in [3.63, 3.8) is 0 Å². The van der Waals surface area contributed by atoms with Crippen LogP contribution in [0.25, 0.3) is 11.0 Å². The minimum atomic E-state index is 0.553. The van der Waals surface area contributed by atoms with Gasteiger partial charge in [-0.25, -0.2) is 9.97 Å². The molecule has 14 heavy (non-hydrogen) atoms. The van der Waals surface area contributed by atoms with E-state index in [1.54, 1.807) is 0 Å². The highest BCUT2D eigenvalue weighted by Crippen LogP contribution is 2.18. The Hall–Kier alpha value is -1.58. The molecule has 0 unspecified atom stereocenters. The molecule has 4 heteroatoms. The number of fused-ring (bicyclic) bond motifs is 1. The third-order valence-electron chi connectivity index (χ3n) is 2.15. The zero-order valence-corrected chi connectivity index (χ0v) is 8.44.